The van der Waals surface area contributed by atoms with Gasteiger partial charge in [0, 0.05) is 20.5 Å². The van der Waals surface area contributed by atoms with Crippen molar-refractivity contribution in [1.29, 1.82) is 0 Å². The van der Waals surface area contributed by atoms with Crippen molar-refractivity contribution >= 4 is 17.8 Å². The van der Waals surface area contributed by atoms with Gasteiger partial charge in [-0.2, -0.15) is 0 Å². The van der Waals surface area contributed by atoms with E-state index in [9.17, 15) is 4.79 Å². The minimum atomic E-state index is -0.495. The molecule has 0 bridgehead atoms. The van der Waals surface area contributed by atoms with Gasteiger partial charge in [0.25, 0.3) is 6.02 Å². The van der Waals surface area contributed by atoms with Crippen LogP contribution in [-0.4, -0.2) is 30.4 Å². The van der Waals surface area contributed by atoms with Crippen molar-refractivity contribution in [3.63, 3.8) is 0 Å². The smallest absolute Gasteiger partial charge is 0.297 e. The summed E-state index contributed by atoms with van der Waals surface area (Å²) in [5, 5.41) is 6.49. The highest BCUT2D eigenvalue weighted by atomic mass is 16.5. The number of nitrogens with one attached hydrogen (secondary N) is 2. The maximum atomic E-state index is 12.8. The predicted octanol–water partition coefficient (Wildman–Crippen LogP) is 4.41. The zero-order valence-electron chi connectivity index (χ0n) is 18.2. The molecule has 0 saturated carbocycles. The zero-order chi connectivity index (χ0) is 22.0. The van der Waals surface area contributed by atoms with Gasteiger partial charge >= 0.3 is 0 Å². The third kappa shape index (κ3) is 4.00. The van der Waals surface area contributed by atoms with Crippen LogP contribution in [0.4, 0.5) is 0 Å². The number of benzene rings is 1. The molecule has 4 rings (SSSR count). The summed E-state index contributed by atoms with van der Waals surface area (Å²) in [5.41, 5.74) is 2.04. The van der Waals surface area contributed by atoms with E-state index in [1.54, 1.807) is 7.11 Å². The van der Waals surface area contributed by atoms with Crippen molar-refractivity contribution in [1.82, 2.24) is 10.6 Å². The number of hydrogen-bond acceptors (Lipinski definition) is 7. The lowest BCUT2D eigenvalue weighted by Gasteiger charge is -2.30. The molecule has 0 fully saturated rings. The van der Waals surface area contributed by atoms with Crippen molar-refractivity contribution in [3.8, 4) is 5.75 Å². The van der Waals surface area contributed by atoms with Crippen LogP contribution in [0.3, 0.4) is 0 Å². The summed E-state index contributed by atoms with van der Waals surface area (Å²) in [6.45, 7) is 7.77. The van der Waals surface area contributed by atoms with Crippen LogP contribution in [0.15, 0.2) is 70.0 Å². The molecule has 0 saturated heterocycles. The fourth-order valence-corrected chi connectivity index (χ4v) is 4.26. The number of amidine groups is 1. The van der Waals surface area contributed by atoms with Gasteiger partial charge in [0.1, 0.15) is 23.1 Å². The van der Waals surface area contributed by atoms with Gasteiger partial charge in [-0.3, -0.25) is 10.1 Å². The molecule has 3 aliphatic rings. The largest absolute Gasteiger partial charge is 0.497 e. The number of guanidine groups is 1. The lowest BCUT2D eigenvalue weighted by Crippen LogP contribution is -2.45. The van der Waals surface area contributed by atoms with Crippen LogP contribution in [-0.2, 0) is 9.53 Å². The highest BCUT2D eigenvalue weighted by molar-refractivity contribution is 6.04. The van der Waals surface area contributed by atoms with Crippen molar-refractivity contribution in [2.24, 2.45) is 9.98 Å². The molecule has 2 atom stereocenters. The lowest BCUT2D eigenvalue weighted by molar-refractivity contribution is -0.116. The van der Waals surface area contributed by atoms with Crippen LogP contribution in [0.2, 0.25) is 0 Å². The predicted molar refractivity (Wildman–Crippen MR) is 125 cm³/mol. The molecule has 0 aromatic heterocycles. The molecule has 0 radical (unpaired) electrons. The van der Waals surface area contributed by atoms with Crippen molar-refractivity contribution in [2.75, 3.05) is 7.11 Å². The molecule has 0 spiro atoms. The molecule has 7 heteroatoms. The van der Waals surface area contributed by atoms with Crippen LogP contribution in [0.1, 0.15) is 54.0 Å². The summed E-state index contributed by atoms with van der Waals surface area (Å²) in [6.07, 6.45) is 6.56. The number of carbonyl (C=O) groups excluding carboxylic acids is 1. The first-order chi connectivity index (χ1) is 15.0. The van der Waals surface area contributed by atoms with Crippen LogP contribution in [0, 0.1) is 0 Å². The maximum absolute atomic E-state index is 12.8. The topological polar surface area (TPSA) is 84.3 Å². The Balaban J connectivity index is 0.00000193. The maximum Gasteiger partial charge on any atom is 0.297 e. The van der Waals surface area contributed by atoms with Crippen molar-refractivity contribution in [3.05, 3.63) is 65.6 Å². The first-order valence-electron chi connectivity index (χ1n) is 10.5. The molecule has 1 aromatic carbocycles. The number of carbonyl (C=O) groups is 1. The monoisotopic (exact) mass is 424 g/mol. The molecule has 2 heterocycles. The number of allylic oxidation sites excluding steroid dienone is 2. The Labute approximate surface area is 185 Å². The Bertz CT molecular complexity index is 1050. The number of methoxy groups -OCH3 is 1. The van der Waals surface area contributed by atoms with E-state index in [4.69, 9.17) is 19.5 Å². The quantitative estimate of drug-likeness (QED) is 0.700. The second-order valence-corrected chi connectivity index (χ2v) is 8.01. The van der Waals surface area contributed by atoms with E-state index in [2.05, 4.69) is 17.2 Å². The Hall–Kier alpha value is -3.35. The van der Waals surface area contributed by atoms with E-state index in [1.807, 2.05) is 50.3 Å². The molecule has 2 N–H and O–H groups in total. The van der Waals surface area contributed by atoms with E-state index in [0.29, 0.717) is 24.8 Å². The summed E-state index contributed by atoms with van der Waals surface area (Å²) >= 11 is 0. The second kappa shape index (κ2) is 8.41. The van der Waals surface area contributed by atoms with E-state index < -0.39 is 11.6 Å². The first-order valence-corrected chi connectivity index (χ1v) is 10.5. The SMILES string of the molecule is C=CCC1(C)N=C(NC2=NC(c3cccc(OC)c3)C3=C(CCCC3=O)N2)O/C1=C/C.[HH].[HH]. The summed E-state index contributed by atoms with van der Waals surface area (Å²) in [4.78, 5) is 22.3. The van der Waals surface area contributed by atoms with E-state index in [0.717, 1.165) is 41.2 Å². The minimum Gasteiger partial charge on any atom is -0.497 e. The fourth-order valence-electron chi connectivity index (χ4n) is 4.26. The molecule has 1 aliphatic carbocycles. The van der Waals surface area contributed by atoms with Crippen LogP contribution in [0.5, 0.6) is 5.75 Å². The summed E-state index contributed by atoms with van der Waals surface area (Å²) in [5.74, 6) is 2.14. The Morgan fingerprint density at radius 1 is 1.45 bits per heavy atom. The summed E-state index contributed by atoms with van der Waals surface area (Å²) < 4.78 is 11.3. The number of aliphatic imine (C=N–C) groups is 2. The summed E-state index contributed by atoms with van der Waals surface area (Å²) in [7, 11) is 1.63. The Kier molecular flexibility index (Phi) is 5.67. The van der Waals surface area contributed by atoms with Gasteiger partial charge in [-0.1, -0.05) is 18.2 Å². The molecule has 0 amide bonds. The van der Waals surface area contributed by atoms with E-state index in [1.165, 1.54) is 0 Å². The van der Waals surface area contributed by atoms with E-state index in [-0.39, 0.29) is 8.64 Å². The van der Waals surface area contributed by atoms with Crippen molar-refractivity contribution < 1.29 is 17.1 Å². The van der Waals surface area contributed by atoms with Gasteiger partial charge in [-0.25, -0.2) is 9.98 Å². The van der Waals surface area contributed by atoms with Crippen LogP contribution >= 0.6 is 0 Å². The van der Waals surface area contributed by atoms with Gasteiger partial charge in [-0.15, -0.1) is 6.58 Å². The number of ketones is 1. The molecule has 1 aromatic rings. The van der Waals surface area contributed by atoms with Gasteiger partial charge < -0.3 is 14.8 Å². The van der Waals surface area contributed by atoms with Crippen molar-refractivity contribution in [2.45, 2.75) is 51.1 Å². The number of hydrogen-bond donors (Lipinski definition) is 2. The number of ether oxygens (including phenoxy) is 2. The highest BCUT2D eigenvalue weighted by Crippen LogP contribution is 2.37. The second-order valence-electron chi connectivity index (χ2n) is 8.01. The average molecular weight is 425 g/mol. The van der Waals surface area contributed by atoms with Gasteiger partial charge in [0.15, 0.2) is 5.78 Å². The van der Waals surface area contributed by atoms with E-state index >= 15 is 0 Å². The molecule has 31 heavy (non-hydrogen) atoms. The zero-order valence-corrected chi connectivity index (χ0v) is 18.2. The summed E-state index contributed by atoms with van der Waals surface area (Å²) in [6, 6.07) is 7.64. The molecule has 2 aliphatic heterocycles. The van der Waals surface area contributed by atoms with Gasteiger partial charge in [-0.05, 0) is 56.9 Å². The number of Topliss-reactive ketones (excluding diaryl/α,β-unsaturated/α-hetero) is 1. The third-order valence-corrected chi connectivity index (χ3v) is 5.78. The number of rotatable bonds is 4. The van der Waals surface area contributed by atoms with Crippen LogP contribution < -0.4 is 15.4 Å². The third-order valence-electron chi connectivity index (χ3n) is 5.78. The molecule has 7 nitrogen and oxygen atoms in total. The fraction of sp³-hybridized carbons (Fsp3) is 0.375. The Morgan fingerprint density at radius 2 is 2.29 bits per heavy atom. The minimum absolute atomic E-state index is 0. The van der Waals surface area contributed by atoms with Gasteiger partial charge in [0.05, 0.1) is 7.11 Å². The highest BCUT2D eigenvalue weighted by Gasteiger charge is 2.38. The number of nitrogens with zero attached hydrogens (tertiary/aromatic N) is 2. The normalized spacial score (nSPS) is 26.5. The lowest BCUT2D eigenvalue weighted by atomic mass is 9.86. The Morgan fingerprint density at radius 3 is 3.03 bits per heavy atom. The average Bonchev–Trinajstić information content (AvgIpc) is 3.08. The molecule has 2 unspecified atom stereocenters. The first kappa shape index (κ1) is 20.9. The molecule has 166 valence electrons. The standard InChI is InChI=1S/C24H28N4O3.2H2/c1-5-13-24(3)19(6-2)31-23(28-24)27-22-25-17-11-8-12-18(29)20(17)21(26-22)15-9-7-10-16(14-15)30-4;;/h5-7,9-10,14,21H,1,8,11-13H2,2-4H3,(H2,25,26,27,28);2*1H/b19-6+;;. The van der Waals surface area contributed by atoms with Gasteiger partial charge in [0.2, 0.25) is 5.96 Å². The van der Waals surface area contributed by atoms with Crippen LogP contribution in [0.25, 0.3) is 0 Å². The molecular formula is C24H32N4O3. The molecular weight excluding hydrogens is 392 g/mol.